The van der Waals surface area contributed by atoms with Crippen molar-refractivity contribution in [1.29, 1.82) is 0 Å². The zero-order valence-corrected chi connectivity index (χ0v) is 17.4. The van der Waals surface area contributed by atoms with Gasteiger partial charge in [-0.15, -0.1) is 6.58 Å². The van der Waals surface area contributed by atoms with Gasteiger partial charge in [0, 0.05) is 12.3 Å². The predicted octanol–water partition coefficient (Wildman–Crippen LogP) is 4.10. The molecule has 154 valence electrons. The molecule has 0 aliphatic carbocycles. The third kappa shape index (κ3) is 6.93. The molecule has 1 aromatic rings. The second-order valence-electron chi connectivity index (χ2n) is 7.97. The van der Waals surface area contributed by atoms with E-state index in [0.29, 0.717) is 12.7 Å². The predicted molar refractivity (Wildman–Crippen MR) is 108 cm³/mol. The van der Waals surface area contributed by atoms with Gasteiger partial charge in [-0.1, -0.05) is 36.4 Å². The van der Waals surface area contributed by atoms with Crippen LogP contribution in [-0.4, -0.2) is 47.5 Å². The lowest BCUT2D eigenvalue weighted by Gasteiger charge is -2.33. The van der Waals surface area contributed by atoms with E-state index in [1.165, 1.54) is 4.90 Å². The fourth-order valence-electron chi connectivity index (χ4n) is 2.77. The molecule has 0 saturated carbocycles. The number of carbonyl (C=O) groups excluding carboxylic acids is 3. The number of carbonyl (C=O) groups is 3. The third-order valence-corrected chi connectivity index (χ3v) is 4.13. The second kappa shape index (κ2) is 10.2. The standard InChI is InChI=1S/C11H19NO4.C11H12O/c1-10(2,3)16-9(14)12-8(6-13)7-15-11(12,4)5;1-2-10(8-9-12)11-6-4-3-5-7-11/h6,8H,7H2,1-5H3;2-7,9-10H,1,8H2/t8-;/m1./s1. The number of hydrogen-bond acceptors (Lipinski definition) is 5. The topological polar surface area (TPSA) is 72.9 Å². The second-order valence-corrected chi connectivity index (χ2v) is 7.97. The molecule has 2 rings (SSSR count). The van der Waals surface area contributed by atoms with Crippen molar-refractivity contribution in [3.8, 4) is 0 Å². The van der Waals surface area contributed by atoms with Crippen LogP contribution in [0, 0.1) is 0 Å². The summed E-state index contributed by atoms with van der Waals surface area (Å²) >= 11 is 0. The first-order valence-electron chi connectivity index (χ1n) is 9.28. The lowest BCUT2D eigenvalue weighted by molar-refractivity contribution is -0.113. The number of benzene rings is 1. The van der Waals surface area contributed by atoms with Gasteiger partial charge in [0.05, 0.1) is 6.61 Å². The summed E-state index contributed by atoms with van der Waals surface area (Å²) in [5.41, 5.74) is -0.225. The van der Waals surface area contributed by atoms with Crippen molar-refractivity contribution in [3.63, 3.8) is 0 Å². The molecule has 6 nitrogen and oxygen atoms in total. The van der Waals surface area contributed by atoms with E-state index in [-0.39, 0.29) is 12.5 Å². The van der Waals surface area contributed by atoms with Gasteiger partial charge in [0.25, 0.3) is 0 Å². The summed E-state index contributed by atoms with van der Waals surface area (Å²) in [7, 11) is 0. The van der Waals surface area contributed by atoms with Gasteiger partial charge < -0.3 is 19.1 Å². The van der Waals surface area contributed by atoms with E-state index in [2.05, 4.69) is 6.58 Å². The minimum atomic E-state index is -0.798. The van der Waals surface area contributed by atoms with Crippen LogP contribution in [0.2, 0.25) is 0 Å². The lowest BCUT2D eigenvalue weighted by atomic mass is 9.97. The molecule has 1 unspecified atom stereocenters. The fraction of sp³-hybridized carbons (Fsp3) is 0.500. The van der Waals surface area contributed by atoms with E-state index in [1.54, 1.807) is 34.6 Å². The number of rotatable bonds is 5. The minimum absolute atomic E-state index is 0.170. The summed E-state index contributed by atoms with van der Waals surface area (Å²) in [6.07, 6.45) is 3.45. The molecular weight excluding hydrogens is 358 g/mol. The summed E-state index contributed by atoms with van der Waals surface area (Å²) in [6.45, 7) is 12.7. The summed E-state index contributed by atoms with van der Waals surface area (Å²) in [4.78, 5) is 34.4. The average molecular weight is 389 g/mol. The van der Waals surface area contributed by atoms with Crippen molar-refractivity contribution in [3.05, 3.63) is 48.6 Å². The zero-order chi connectivity index (χ0) is 21.4. The number of allylic oxidation sites excluding steroid dienone is 1. The van der Waals surface area contributed by atoms with Gasteiger partial charge in [-0.05, 0) is 40.2 Å². The van der Waals surface area contributed by atoms with E-state index in [9.17, 15) is 14.4 Å². The highest BCUT2D eigenvalue weighted by Gasteiger charge is 2.45. The molecule has 1 amide bonds. The lowest BCUT2D eigenvalue weighted by Crippen LogP contribution is -2.50. The molecule has 6 heteroatoms. The zero-order valence-electron chi connectivity index (χ0n) is 17.4. The van der Waals surface area contributed by atoms with Crippen molar-refractivity contribution >= 4 is 18.7 Å². The summed E-state index contributed by atoms with van der Waals surface area (Å²) in [5, 5.41) is 0. The van der Waals surface area contributed by atoms with Crippen molar-refractivity contribution in [2.75, 3.05) is 6.61 Å². The first-order chi connectivity index (χ1) is 13.1. The van der Waals surface area contributed by atoms with E-state index >= 15 is 0 Å². The first-order valence-corrected chi connectivity index (χ1v) is 9.28. The molecule has 0 bridgehead atoms. The Kier molecular flexibility index (Phi) is 8.57. The van der Waals surface area contributed by atoms with Crippen LogP contribution in [0.1, 0.15) is 52.5 Å². The van der Waals surface area contributed by atoms with Crippen molar-refractivity contribution < 1.29 is 23.9 Å². The SMILES string of the molecule is C=CC(CC=O)c1ccccc1.CC(C)(C)OC(=O)N1[C@H](C=O)COC1(C)C. The Hall–Kier alpha value is -2.47. The van der Waals surface area contributed by atoms with Gasteiger partial charge in [-0.3, -0.25) is 4.90 Å². The molecule has 1 fully saturated rings. The van der Waals surface area contributed by atoms with Crippen LogP contribution in [0.15, 0.2) is 43.0 Å². The highest BCUT2D eigenvalue weighted by atomic mass is 16.6. The molecule has 2 atom stereocenters. The highest BCUT2D eigenvalue weighted by molar-refractivity contribution is 5.75. The normalized spacial score (nSPS) is 19.0. The van der Waals surface area contributed by atoms with E-state index in [0.717, 1.165) is 11.8 Å². The fourth-order valence-corrected chi connectivity index (χ4v) is 2.77. The smallest absolute Gasteiger partial charge is 0.413 e. The quantitative estimate of drug-likeness (QED) is 0.560. The Labute approximate surface area is 167 Å². The Balaban J connectivity index is 0.000000292. The average Bonchev–Trinajstić information content (AvgIpc) is 2.94. The van der Waals surface area contributed by atoms with Crippen LogP contribution in [0.3, 0.4) is 0 Å². The van der Waals surface area contributed by atoms with Gasteiger partial charge in [0.15, 0.2) is 0 Å². The molecule has 1 aromatic carbocycles. The maximum absolute atomic E-state index is 11.9. The van der Waals surface area contributed by atoms with Gasteiger partial charge in [-0.25, -0.2) is 4.79 Å². The molecule has 0 spiro atoms. The Morgan fingerprint density at radius 2 is 1.93 bits per heavy atom. The van der Waals surface area contributed by atoms with Crippen LogP contribution in [0.25, 0.3) is 0 Å². The number of hydrogen-bond donors (Lipinski definition) is 0. The minimum Gasteiger partial charge on any atom is -0.444 e. The van der Waals surface area contributed by atoms with E-state index in [4.69, 9.17) is 9.47 Å². The Morgan fingerprint density at radius 3 is 2.39 bits per heavy atom. The molecule has 0 radical (unpaired) electrons. The third-order valence-electron chi connectivity index (χ3n) is 4.13. The molecular formula is C22H31NO5. The highest BCUT2D eigenvalue weighted by Crippen LogP contribution is 2.28. The van der Waals surface area contributed by atoms with Crippen LogP contribution >= 0.6 is 0 Å². The van der Waals surface area contributed by atoms with E-state index < -0.39 is 23.5 Å². The molecule has 0 N–H and O–H groups in total. The van der Waals surface area contributed by atoms with Crippen molar-refractivity contribution in [1.82, 2.24) is 4.90 Å². The molecule has 1 saturated heterocycles. The first kappa shape index (κ1) is 23.6. The van der Waals surface area contributed by atoms with Crippen LogP contribution in [0.5, 0.6) is 0 Å². The van der Waals surface area contributed by atoms with Gasteiger partial charge in [0.1, 0.15) is 29.9 Å². The monoisotopic (exact) mass is 389 g/mol. The number of aldehydes is 2. The number of ether oxygens (including phenoxy) is 2. The largest absolute Gasteiger partial charge is 0.444 e. The van der Waals surface area contributed by atoms with Crippen molar-refractivity contribution in [2.24, 2.45) is 0 Å². The molecule has 1 heterocycles. The van der Waals surface area contributed by atoms with Crippen LogP contribution in [0.4, 0.5) is 4.79 Å². The molecule has 1 aliphatic heterocycles. The molecule has 28 heavy (non-hydrogen) atoms. The van der Waals surface area contributed by atoms with Gasteiger partial charge in [-0.2, -0.15) is 0 Å². The Morgan fingerprint density at radius 1 is 1.32 bits per heavy atom. The molecule has 1 aliphatic rings. The van der Waals surface area contributed by atoms with Gasteiger partial charge >= 0.3 is 6.09 Å². The van der Waals surface area contributed by atoms with Gasteiger partial charge in [0.2, 0.25) is 0 Å². The summed E-state index contributed by atoms with van der Waals surface area (Å²) < 4.78 is 10.6. The number of amides is 1. The van der Waals surface area contributed by atoms with Crippen molar-refractivity contribution in [2.45, 2.75) is 64.3 Å². The van der Waals surface area contributed by atoms with Crippen LogP contribution in [-0.2, 0) is 19.1 Å². The maximum Gasteiger partial charge on any atom is 0.413 e. The Bertz CT molecular complexity index is 663. The van der Waals surface area contributed by atoms with E-state index in [1.807, 2.05) is 36.4 Å². The summed E-state index contributed by atoms with van der Waals surface area (Å²) in [5.74, 6) is 0.170. The number of nitrogens with zero attached hydrogens (tertiary/aromatic N) is 1. The summed E-state index contributed by atoms with van der Waals surface area (Å²) in [6, 6.07) is 9.36. The maximum atomic E-state index is 11.9. The van der Waals surface area contributed by atoms with Crippen LogP contribution < -0.4 is 0 Å². The molecule has 0 aromatic heterocycles.